The quantitative estimate of drug-likeness (QED) is 0.705. The smallest absolute Gasteiger partial charge is 0.119 e. The maximum atomic E-state index is 6.48. The fraction of sp³-hybridized carbons (Fsp3) is 0.714. The fourth-order valence-electron chi connectivity index (χ4n) is 4.19. The fourth-order valence-corrected chi connectivity index (χ4v) is 4.19. The highest BCUT2D eigenvalue weighted by atomic mass is 16.5. The Bertz CT molecular complexity index is 555. The van der Waals surface area contributed by atoms with Crippen molar-refractivity contribution in [2.45, 2.75) is 71.0 Å². The Morgan fingerprint density at radius 3 is 2.83 bits per heavy atom. The third-order valence-electron chi connectivity index (χ3n) is 5.61. The van der Waals surface area contributed by atoms with Gasteiger partial charge in [0.15, 0.2) is 0 Å². The molecule has 3 heteroatoms. The van der Waals surface area contributed by atoms with E-state index in [1.54, 1.807) is 0 Å². The molecule has 0 unspecified atom stereocenters. The number of fused-ring (bicyclic) bond motifs is 3. The molecule has 0 aliphatic carbocycles. The summed E-state index contributed by atoms with van der Waals surface area (Å²) in [6.07, 6.45) is 5.07. The van der Waals surface area contributed by atoms with E-state index in [-0.39, 0.29) is 5.60 Å². The number of hydrogen-bond acceptors (Lipinski definition) is 3. The van der Waals surface area contributed by atoms with Crippen LogP contribution in [0, 0.1) is 0 Å². The van der Waals surface area contributed by atoms with Gasteiger partial charge in [-0.2, -0.15) is 0 Å². The number of benzene rings is 1. The molecule has 0 bridgehead atoms. The van der Waals surface area contributed by atoms with Crippen LogP contribution >= 0.6 is 0 Å². The lowest BCUT2D eigenvalue weighted by atomic mass is 9.77. The molecule has 1 aromatic carbocycles. The van der Waals surface area contributed by atoms with Gasteiger partial charge in [0.2, 0.25) is 0 Å². The minimum Gasteiger partial charge on any atom is -0.494 e. The Labute approximate surface area is 147 Å². The van der Waals surface area contributed by atoms with Gasteiger partial charge in [-0.1, -0.05) is 32.8 Å². The minimum atomic E-state index is -0.203. The predicted molar refractivity (Wildman–Crippen MR) is 98.8 cm³/mol. The lowest BCUT2D eigenvalue weighted by Crippen LogP contribution is -2.48. The number of rotatable bonds is 6. The summed E-state index contributed by atoms with van der Waals surface area (Å²) < 4.78 is 12.5. The minimum absolute atomic E-state index is 0.203. The van der Waals surface area contributed by atoms with Crippen molar-refractivity contribution in [1.29, 1.82) is 0 Å². The van der Waals surface area contributed by atoms with E-state index in [0.717, 1.165) is 44.8 Å². The Balaban J connectivity index is 1.83. The molecule has 2 atom stereocenters. The lowest BCUT2D eigenvalue weighted by Gasteiger charge is -2.47. The zero-order chi connectivity index (χ0) is 17.2. The monoisotopic (exact) mass is 331 g/mol. The van der Waals surface area contributed by atoms with Gasteiger partial charge in [-0.25, -0.2) is 0 Å². The molecule has 0 radical (unpaired) electrons. The SMILES string of the molecule is CCCCCOc1ccc2c(c1)[C@H]1CN(CC)CC[C@@H]1OC2(C)C. The zero-order valence-electron chi connectivity index (χ0n) is 15.8. The second-order valence-electron chi connectivity index (χ2n) is 7.76. The molecule has 2 aliphatic rings. The van der Waals surface area contributed by atoms with Gasteiger partial charge in [0.05, 0.1) is 18.3 Å². The van der Waals surface area contributed by atoms with E-state index < -0.39 is 0 Å². The maximum Gasteiger partial charge on any atom is 0.119 e. The Kier molecular flexibility index (Phi) is 5.51. The van der Waals surface area contributed by atoms with Gasteiger partial charge in [-0.05, 0) is 56.5 Å². The first kappa shape index (κ1) is 17.8. The van der Waals surface area contributed by atoms with Crippen LogP contribution in [0.5, 0.6) is 5.75 Å². The van der Waals surface area contributed by atoms with E-state index in [1.807, 2.05) is 0 Å². The van der Waals surface area contributed by atoms with E-state index >= 15 is 0 Å². The molecule has 2 aliphatic heterocycles. The van der Waals surface area contributed by atoms with Crippen LogP contribution in [0.15, 0.2) is 18.2 Å². The van der Waals surface area contributed by atoms with Crippen LogP contribution in [-0.2, 0) is 10.3 Å². The summed E-state index contributed by atoms with van der Waals surface area (Å²) in [5, 5.41) is 0. The van der Waals surface area contributed by atoms with Crippen molar-refractivity contribution >= 4 is 0 Å². The van der Waals surface area contributed by atoms with Gasteiger partial charge in [0.25, 0.3) is 0 Å². The summed E-state index contributed by atoms with van der Waals surface area (Å²) in [5.41, 5.74) is 2.58. The number of nitrogens with zero attached hydrogens (tertiary/aromatic N) is 1. The molecule has 3 rings (SSSR count). The highest BCUT2D eigenvalue weighted by Crippen LogP contribution is 2.45. The highest BCUT2D eigenvalue weighted by Gasteiger charge is 2.42. The van der Waals surface area contributed by atoms with Gasteiger partial charge in [-0.15, -0.1) is 0 Å². The number of likely N-dealkylation sites (N-methyl/N-ethyl adjacent to an activating group) is 1. The van der Waals surface area contributed by atoms with E-state index in [2.05, 4.69) is 50.8 Å². The first-order valence-electron chi connectivity index (χ1n) is 9.72. The molecule has 134 valence electrons. The number of unbranched alkanes of at least 4 members (excludes halogenated alkanes) is 2. The van der Waals surface area contributed by atoms with Crippen molar-refractivity contribution in [2.24, 2.45) is 0 Å². The van der Waals surface area contributed by atoms with E-state index in [1.165, 1.54) is 24.0 Å². The van der Waals surface area contributed by atoms with E-state index in [9.17, 15) is 0 Å². The summed E-state index contributed by atoms with van der Waals surface area (Å²) in [7, 11) is 0. The van der Waals surface area contributed by atoms with Crippen molar-refractivity contribution in [3.8, 4) is 5.75 Å². The third kappa shape index (κ3) is 3.62. The summed E-state index contributed by atoms with van der Waals surface area (Å²) >= 11 is 0. The maximum absolute atomic E-state index is 6.48. The normalized spacial score (nSPS) is 25.8. The molecular formula is C21H33NO2. The van der Waals surface area contributed by atoms with Crippen molar-refractivity contribution in [1.82, 2.24) is 4.90 Å². The summed E-state index contributed by atoms with van der Waals surface area (Å²) in [6, 6.07) is 6.64. The molecular weight excluding hydrogens is 298 g/mol. The molecule has 0 amide bonds. The van der Waals surface area contributed by atoms with Crippen molar-refractivity contribution in [2.75, 3.05) is 26.2 Å². The summed E-state index contributed by atoms with van der Waals surface area (Å²) in [5.74, 6) is 1.50. The van der Waals surface area contributed by atoms with E-state index in [0.29, 0.717) is 12.0 Å². The Morgan fingerprint density at radius 1 is 1.25 bits per heavy atom. The van der Waals surface area contributed by atoms with Crippen LogP contribution < -0.4 is 4.74 Å². The summed E-state index contributed by atoms with van der Waals surface area (Å²) in [6.45, 7) is 13.1. The first-order chi connectivity index (χ1) is 11.5. The van der Waals surface area contributed by atoms with Gasteiger partial charge < -0.3 is 14.4 Å². The third-order valence-corrected chi connectivity index (χ3v) is 5.61. The number of hydrogen-bond donors (Lipinski definition) is 0. The van der Waals surface area contributed by atoms with Crippen LogP contribution in [0.25, 0.3) is 0 Å². The van der Waals surface area contributed by atoms with Crippen LogP contribution in [0.2, 0.25) is 0 Å². The molecule has 24 heavy (non-hydrogen) atoms. The number of piperidine rings is 1. The predicted octanol–water partition coefficient (Wildman–Crippen LogP) is 4.70. The lowest BCUT2D eigenvalue weighted by molar-refractivity contribution is -0.120. The van der Waals surface area contributed by atoms with Gasteiger partial charge in [-0.3, -0.25) is 0 Å². The molecule has 0 N–H and O–H groups in total. The van der Waals surface area contributed by atoms with Crippen LogP contribution in [-0.4, -0.2) is 37.2 Å². The van der Waals surface area contributed by atoms with Crippen LogP contribution in [0.4, 0.5) is 0 Å². The Morgan fingerprint density at radius 2 is 2.08 bits per heavy atom. The van der Waals surface area contributed by atoms with Crippen molar-refractivity contribution < 1.29 is 9.47 Å². The second-order valence-corrected chi connectivity index (χ2v) is 7.76. The van der Waals surface area contributed by atoms with Gasteiger partial charge in [0, 0.05) is 19.0 Å². The molecule has 0 saturated carbocycles. The van der Waals surface area contributed by atoms with Crippen molar-refractivity contribution in [3.63, 3.8) is 0 Å². The van der Waals surface area contributed by atoms with Gasteiger partial charge in [0.1, 0.15) is 5.75 Å². The average molecular weight is 332 g/mol. The largest absolute Gasteiger partial charge is 0.494 e. The average Bonchev–Trinajstić information content (AvgIpc) is 2.58. The van der Waals surface area contributed by atoms with Crippen LogP contribution in [0.1, 0.15) is 70.4 Å². The highest BCUT2D eigenvalue weighted by molar-refractivity contribution is 5.43. The number of likely N-dealkylation sites (tertiary alicyclic amines) is 1. The first-order valence-corrected chi connectivity index (χ1v) is 9.72. The van der Waals surface area contributed by atoms with Crippen molar-refractivity contribution in [3.05, 3.63) is 29.3 Å². The van der Waals surface area contributed by atoms with E-state index in [4.69, 9.17) is 9.47 Å². The molecule has 3 nitrogen and oxygen atoms in total. The molecule has 2 heterocycles. The Hall–Kier alpha value is -1.06. The van der Waals surface area contributed by atoms with Crippen LogP contribution in [0.3, 0.4) is 0 Å². The molecule has 1 fully saturated rings. The molecule has 1 aromatic rings. The molecule has 0 spiro atoms. The second kappa shape index (κ2) is 7.45. The topological polar surface area (TPSA) is 21.7 Å². The molecule has 1 saturated heterocycles. The number of ether oxygens (including phenoxy) is 2. The molecule has 0 aromatic heterocycles. The standard InChI is InChI=1S/C21H33NO2/c1-5-7-8-13-23-16-9-10-19-17(14-16)18-15-22(6-2)12-11-20(18)24-21(19,3)4/h9-10,14,18,20H,5-8,11-13,15H2,1-4H3/t18-,20+/m1/s1. The summed E-state index contributed by atoms with van der Waals surface area (Å²) in [4.78, 5) is 2.54. The zero-order valence-corrected chi connectivity index (χ0v) is 15.8. The van der Waals surface area contributed by atoms with Gasteiger partial charge >= 0.3 is 0 Å².